The SMILES string of the molecule is Cc1ccc(C)c(NC(=O)C(C)Sc2nnc(COc3cc(C)ccc3C(C)C)n2N)c1. The third-order valence-electron chi connectivity index (χ3n) is 5.19. The van der Waals surface area contributed by atoms with E-state index in [0.717, 1.165) is 33.7 Å². The first-order chi connectivity index (χ1) is 15.2. The maximum absolute atomic E-state index is 12.7. The number of anilines is 1. The van der Waals surface area contributed by atoms with Gasteiger partial charge in [-0.1, -0.05) is 49.9 Å². The molecule has 3 rings (SSSR count). The minimum Gasteiger partial charge on any atom is -0.485 e. The Hall–Kier alpha value is -3.00. The van der Waals surface area contributed by atoms with Crippen LogP contribution in [0.5, 0.6) is 5.75 Å². The Morgan fingerprint density at radius 2 is 1.78 bits per heavy atom. The maximum Gasteiger partial charge on any atom is 0.237 e. The van der Waals surface area contributed by atoms with Crippen LogP contribution in [-0.2, 0) is 11.4 Å². The van der Waals surface area contributed by atoms with Crippen LogP contribution in [0.3, 0.4) is 0 Å². The molecule has 8 heteroatoms. The van der Waals surface area contributed by atoms with Gasteiger partial charge in [0.15, 0.2) is 5.82 Å². The number of nitrogens with one attached hydrogen (secondary N) is 1. The van der Waals surface area contributed by atoms with Crippen LogP contribution in [0.15, 0.2) is 41.6 Å². The van der Waals surface area contributed by atoms with Crippen LogP contribution >= 0.6 is 11.8 Å². The van der Waals surface area contributed by atoms with E-state index in [9.17, 15) is 4.79 Å². The highest BCUT2D eigenvalue weighted by molar-refractivity contribution is 8.00. The highest BCUT2D eigenvalue weighted by Crippen LogP contribution is 2.28. The molecule has 0 aliphatic rings. The molecule has 3 N–H and O–H groups in total. The van der Waals surface area contributed by atoms with E-state index in [4.69, 9.17) is 10.6 Å². The zero-order valence-corrected chi connectivity index (χ0v) is 20.3. The van der Waals surface area contributed by atoms with E-state index >= 15 is 0 Å². The van der Waals surface area contributed by atoms with Crippen LogP contribution in [0.1, 0.15) is 54.8 Å². The molecule has 0 aliphatic heterocycles. The first-order valence-corrected chi connectivity index (χ1v) is 11.5. The zero-order chi connectivity index (χ0) is 23.4. The quantitative estimate of drug-likeness (QED) is 0.378. The predicted molar refractivity (Wildman–Crippen MR) is 130 cm³/mol. The zero-order valence-electron chi connectivity index (χ0n) is 19.5. The van der Waals surface area contributed by atoms with Crippen molar-refractivity contribution in [3.8, 4) is 5.75 Å². The first kappa shape index (κ1) is 23.7. The number of ether oxygens (including phenoxy) is 1. The number of amides is 1. The third kappa shape index (κ3) is 5.62. The van der Waals surface area contributed by atoms with Crippen molar-refractivity contribution in [3.63, 3.8) is 0 Å². The van der Waals surface area contributed by atoms with Gasteiger partial charge in [-0.2, -0.15) is 0 Å². The molecule has 0 fully saturated rings. The van der Waals surface area contributed by atoms with Crippen LogP contribution in [-0.4, -0.2) is 26.0 Å². The Morgan fingerprint density at radius 3 is 2.50 bits per heavy atom. The number of rotatable bonds is 8. The summed E-state index contributed by atoms with van der Waals surface area (Å²) >= 11 is 1.26. The van der Waals surface area contributed by atoms with Crippen LogP contribution < -0.4 is 15.9 Å². The maximum atomic E-state index is 12.7. The fourth-order valence-electron chi connectivity index (χ4n) is 3.19. The lowest BCUT2D eigenvalue weighted by Crippen LogP contribution is -2.24. The van der Waals surface area contributed by atoms with Crippen LogP contribution in [0.25, 0.3) is 0 Å². The molecule has 0 aliphatic carbocycles. The lowest BCUT2D eigenvalue weighted by atomic mass is 10.0. The van der Waals surface area contributed by atoms with Gasteiger partial charge in [0, 0.05) is 5.69 Å². The van der Waals surface area contributed by atoms with E-state index in [-0.39, 0.29) is 12.5 Å². The van der Waals surface area contributed by atoms with Gasteiger partial charge >= 0.3 is 0 Å². The summed E-state index contributed by atoms with van der Waals surface area (Å²) in [7, 11) is 0. The number of thioether (sulfide) groups is 1. The van der Waals surface area contributed by atoms with E-state index in [1.807, 2.05) is 52.0 Å². The van der Waals surface area contributed by atoms with E-state index in [2.05, 4.69) is 41.5 Å². The third-order valence-corrected chi connectivity index (χ3v) is 6.24. The molecule has 7 nitrogen and oxygen atoms in total. The fourth-order valence-corrected chi connectivity index (χ4v) is 3.98. The van der Waals surface area contributed by atoms with Crippen molar-refractivity contribution in [2.45, 2.75) is 64.5 Å². The highest BCUT2D eigenvalue weighted by Gasteiger charge is 2.20. The summed E-state index contributed by atoms with van der Waals surface area (Å²) in [6.07, 6.45) is 0. The normalized spacial score (nSPS) is 12.1. The average Bonchev–Trinajstić information content (AvgIpc) is 3.08. The Balaban J connectivity index is 1.65. The molecule has 1 unspecified atom stereocenters. The van der Waals surface area contributed by atoms with E-state index < -0.39 is 5.25 Å². The molecule has 1 aromatic heterocycles. The number of aromatic nitrogens is 3. The lowest BCUT2D eigenvalue weighted by Gasteiger charge is -2.15. The minimum atomic E-state index is -0.403. The Kier molecular flexibility index (Phi) is 7.45. The monoisotopic (exact) mass is 453 g/mol. The predicted octanol–water partition coefficient (Wildman–Crippen LogP) is 4.74. The van der Waals surface area contributed by atoms with Crippen molar-refractivity contribution in [3.05, 3.63) is 64.5 Å². The molecule has 2 aromatic carbocycles. The molecular formula is C24H31N5O2S. The summed E-state index contributed by atoms with van der Waals surface area (Å²) in [5.74, 6) is 7.73. The molecule has 0 radical (unpaired) electrons. The summed E-state index contributed by atoms with van der Waals surface area (Å²) in [6.45, 7) is 12.3. The second-order valence-electron chi connectivity index (χ2n) is 8.32. The van der Waals surface area contributed by atoms with E-state index in [1.54, 1.807) is 0 Å². The molecule has 0 saturated heterocycles. The molecule has 0 bridgehead atoms. The Morgan fingerprint density at radius 1 is 1.09 bits per heavy atom. The lowest BCUT2D eigenvalue weighted by molar-refractivity contribution is -0.115. The molecule has 3 aromatic rings. The highest BCUT2D eigenvalue weighted by atomic mass is 32.2. The van der Waals surface area contributed by atoms with Gasteiger partial charge in [0.1, 0.15) is 12.4 Å². The number of carbonyl (C=O) groups excluding carboxylic acids is 1. The van der Waals surface area contributed by atoms with Gasteiger partial charge in [0.05, 0.1) is 5.25 Å². The number of carbonyl (C=O) groups is 1. The Bertz CT molecular complexity index is 1110. The van der Waals surface area contributed by atoms with Crippen molar-refractivity contribution in [2.24, 2.45) is 0 Å². The number of hydrogen-bond acceptors (Lipinski definition) is 6. The molecule has 1 heterocycles. The molecule has 0 spiro atoms. The molecule has 170 valence electrons. The minimum absolute atomic E-state index is 0.120. The molecule has 0 saturated carbocycles. The number of hydrogen-bond donors (Lipinski definition) is 2. The van der Waals surface area contributed by atoms with Gasteiger partial charge in [0.25, 0.3) is 0 Å². The van der Waals surface area contributed by atoms with Gasteiger partial charge < -0.3 is 15.9 Å². The molecule has 32 heavy (non-hydrogen) atoms. The molecule has 1 atom stereocenters. The summed E-state index contributed by atoms with van der Waals surface area (Å²) in [5.41, 5.74) is 5.17. The van der Waals surface area contributed by atoms with Crippen LogP contribution in [0.2, 0.25) is 0 Å². The van der Waals surface area contributed by atoms with Crippen LogP contribution in [0.4, 0.5) is 5.69 Å². The first-order valence-electron chi connectivity index (χ1n) is 10.6. The van der Waals surface area contributed by atoms with Crippen molar-refractivity contribution in [2.75, 3.05) is 11.2 Å². The molecular weight excluding hydrogens is 422 g/mol. The van der Waals surface area contributed by atoms with Crippen molar-refractivity contribution >= 4 is 23.4 Å². The van der Waals surface area contributed by atoms with Gasteiger partial charge in [-0.15, -0.1) is 10.2 Å². The number of nitrogens with two attached hydrogens (primary N) is 1. The van der Waals surface area contributed by atoms with Crippen LogP contribution in [0, 0.1) is 20.8 Å². The largest absolute Gasteiger partial charge is 0.485 e. The van der Waals surface area contributed by atoms with Crippen molar-refractivity contribution in [1.82, 2.24) is 14.9 Å². The summed E-state index contributed by atoms with van der Waals surface area (Å²) in [4.78, 5) is 12.7. The number of nitrogens with zero attached hydrogens (tertiary/aromatic N) is 3. The van der Waals surface area contributed by atoms with Gasteiger partial charge in [-0.3, -0.25) is 4.79 Å². The van der Waals surface area contributed by atoms with Gasteiger partial charge in [-0.05, 0) is 68.0 Å². The van der Waals surface area contributed by atoms with Gasteiger partial charge in [-0.25, -0.2) is 4.68 Å². The summed E-state index contributed by atoms with van der Waals surface area (Å²) < 4.78 is 7.41. The van der Waals surface area contributed by atoms with Crippen molar-refractivity contribution in [1.29, 1.82) is 0 Å². The summed E-state index contributed by atoms with van der Waals surface area (Å²) in [5, 5.41) is 11.4. The second-order valence-corrected chi connectivity index (χ2v) is 9.63. The number of aryl methyl sites for hydroxylation is 3. The number of benzene rings is 2. The Labute approximate surface area is 193 Å². The number of nitrogen functional groups attached to an aromatic ring is 1. The standard InChI is InChI=1S/C24H31N5O2S/c1-14(2)19-10-8-16(4)12-21(19)31-13-22-27-28-24(29(22)25)32-18(6)23(30)26-20-11-15(3)7-9-17(20)5/h7-12,14,18H,13,25H2,1-6H3,(H,26,30). The average molecular weight is 454 g/mol. The van der Waals surface area contributed by atoms with Gasteiger partial charge in [0.2, 0.25) is 11.1 Å². The van der Waals surface area contributed by atoms with E-state index in [1.165, 1.54) is 16.4 Å². The fraction of sp³-hybridized carbons (Fsp3) is 0.375. The van der Waals surface area contributed by atoms with Crippen molar-refractivity contribution < 1.29 is 9.53 Å². The van der Waals surface area contributed by atoms with E-state index in [0.29, 0.717) is 16.9 Å². The second kappa shape index (κ2) is 10.1. The molecule has 1 amide bonds. The summed E-state index contributed by atoms with van der Waals surface area (Å²) in [6, 6.07) is 12.1. The smallest absolute Gasteiger partial charge is 0.237 e. The topological polar surface area (TPSA) is 95.1 Å².